The average Bonchev–Trinajstić information content (AvgIpc) is 3.42. The highest BCUT2D eigenvalue weighted by Gasteiger charge is 2.29. The zero-order valence-corrected chi connectivity index (χ0v) is 16.5. The van der Waals surface area contributed by atoms with Gasteiger partial charge in [0.1, 0.15) is 5.56 Å². The van der Waals surface area contributed by atoms with Crippen LogP contribution in [0, 0.1) is 16.0 Å². The van der Waals surface area contributed by atoms with Crippen molar-refractivity contribution in [2.75, 3.05) is 50.7 Å². The standard InChI is InChI=1S/C21H30N4O3/c26-21(24-11-3-4-12-24)19-15-18(5-6-20(19)25(27)28)23-13-7-17(8-14-23)16-22-9-1-2-10-22/h5-6,15,17H,1-4,7-14,16H2. The van der Waals surface area contributed by atoms with E-state index in [-0.39, 0.29) is 17.2 Å². The SMILES string of the molecule is O=C(c1cc(N2CCC(CN3CCCC3)CC2)ccc1[N+](=O)[O-])N1CCCC1. The van der Waals surface area contributed by atoms with Crippen LogP contribution in [-0.4, -0.2) is 66.4 Å². The lowest BCUT2D eigenvalue weighted by Gasteiger charge is -2.35. The Balaban J connectivity index is 1.45. The molecule has 0 saturated carbocycles. The van der Waals surface area contributed by atoms with E-state index in [4.69, 9.17) is 0 Å². The van der Waals surface area contributed by atoms with Gasteiger partial charge >= 0.3 is 0 Å². The molecule has 0 bridgehead atoms. The third-order valence-electron chi connectivity index (χ3n) is 6.50. The molecule has 0 aliphatic carbocycles. The van der Waals surface area contributed by atoms with Gasteiger partial charge in [-0.25, -0.2) is 0 Å². The van der Waals surface area contributed by atoms with Crippen LogP contribution in [0.25, 0.3) is 0 Å². The van der Waals surface area contributed by atoms with Crippen LogP contribution in [0.1, 0.15) is 48.9 Å². The van der Waals surface area contributed by atoms with Crippen molar-refractivity contribution in [3.05, 3.63) is 33.9 Å². The number of rotatable bonds is 5. The third kappa shape index (κ3) is 4.14. The second-order valence-electron chi connectivity index (χ2n) is 8.40. The molecule has 152 valence electrons. The Kier molecular flexibility index (Phi) is 5.80. The number of hydrogen-bond donors (Lipinski definition) is 0. The summed E-state index contributed by atoms with van der Waals surface area (Å²) >= 11 is 0. The van der Waals surface area contributed by atoms with Gasteiger partial charge in [-0.2, -0.15) is 0 Å². The summed E-state index contributed by atoms with van der Waals surface area (Å²) in [6.45, 7) is 6.98. The number of piperidine rings is 1. The molecule has 3 fully saturated rings. The Morgan fingerprint density at radius 3 is 2.29 bits per heavy atom. The second-order valence-corrected chi connectivity index (χ2v) is 8.40. The summed E-state index contributed by atoms with van der Waals surface area (Å²) in [6.07, 6.45) is 6.89. The molecule has 0 spiro atoms. The monoisotopic (exact) mass is 386 g/mol. The number of anilines is 1. The molecule has 0 aromatic heterocycles. The maximum absolute atomic E-state index is 12.9. The van der Waals surface area contributed by atoms with Gasteiger partial charge in [-0.1, -0.05) is 0 Å². The summed E-state index contributed by atoms with van der Waals surface area (Å²) < 4.78 is 0. The fraction of sp³-hybridized carbons (Fsp3) is 0.667. The molecule has 7 nitrogen and oxygen atoms in total. The fourth-order valence-electron chi connectivity index (χ4n) is 4.85. The van der Waals surface area contributed by atoms with Gasteiger partial charge in [0, 0.05) is 44.5 Å². The zero-order chi connectivity index (χ0) is 19.5. The van der Waals surface area contributed by atoms with Crippen LogP contribution < -0.4 is 4.90 Å². The maximum atomic E-state index is 12.9. The first-order valence-corrected chi connectivity index (χ1v) is 10.7. The summed E-state index contributed by atoms with van der Waals surface area (Å²) in [5, 5.41) is 11.5. The topological polar surface area (TPSA) is 69.9 Å². The van der Waals surface area contributed by atoms with E-state index in [0.29, 0.717) is 13.1 Å². The third-order valence-corrected chi connectivity index (χ3v) is 6.50. The van der Waals surface area contributed by atoms with E-state index in [0.717, 1.165) is 50.4 Å². The van der Waals surface area contributed by atoms with Crippen LogP contribution in [0.5, 0.6) is 0 Å². The van der Waals surface area contributed by atoms with Crippen LogP contribution in [0.4, 0.5) is 11.4 Å². The van der Waals surface area contributed by atoms with Gasteiger partial charge in [0.15, 0.2) is 0 Å². The number of carbonyl (C=O) groups is 1. The van der Waals surface area contributed by atoms with Crippen LogP contribution >= 0.6 is 0 Å². The molecule has 0 unspecified atom stereocenters. The Bertz CT molecular complexity index is 718. The van der Waals surface area contributed by atoms with Crippen molar-refractivity contribution >= 4 is 17.3 Å². The van der Waals surface area contributed by atoms with E-state index >= 15 is 0 Å². The van der Waals surface area contributed by atoms with Gasteiger partial charge < -0.3 is 14.7 Å². The summed E-state index contributed by atoms with van der Waals surface area (Å²) in [7, 11) is 0. The molecule has 7 heteroatoms. The van der Waals surface area contributed by atoms with Crippen molar-refractivity contribution < 1.29 is 9.72 Å². The molecule has 28 heavy (non-hydrogen) atoms. The Morgan fingerprint density at radius 2 is 1.64 bits per heavy atom. The van der Waals surface area contributed by atoms with Crippen LogP contribution in [0.3, 0.4) is 0 Å². The van der Waals surface area contributed by atoms with Gasteiger partial charge in [0.25, 0.3) is 11.6 Å². The van der Waals surface area contributed by atoms with Crippen LogP contribution in [0.2, 0.25) is 0 Å². The van der Waals surface area contributed by atoms with Gasteiger partial charge in [-0.05, 0) is 69.7 Å². The predicted octanol–water partition coefficient (Wildman–Crippen LogP) is 3.14. The van der Waals surface area contributed by atoms with E-state index in [1.54, 1.807) is 17.0 Å². The molecule has 3 aliphatic heterocycles. The predicted molar refractivity (Wildman–Crippen MR) is 109 cm³/mol. The number of likely N-dealkylation sites (tertiary alicyclic amines) is 2. The van der Waals surface area contributed by atoms with E-state index in [1.165, 1.54) is 38.5 Å². The van der Waals surface area contributed by atoms with E-state index < -0.39 is 4.92 Å². The molecule has 1 aromatic rings. The highest BCUT2D eigenvalue weighted by molar-refractivity contribution is 5.99. The second kappa shape index (κ2) is 8.47. The number of carbonyl (C=O) groups excluding carboxylic acids is 1. The number of nitro benzene ring substituents is 1. The number of nitrogens with zero attached hydrogens (tertiary/aromatic N) is 4. The first kappa shape index (κ1) is 19.2. The first-order chi connectivity index (χ1) is 13.6. The molecular formula is C21H30N4O3. The summed E-state index contributed by atoms with van der Waals surface area (Å²) in [5.41, 5.74) is 1.10. The number of hydrogen-bond acceptors (Lipinski definition) is 5. The van der Waals surface area contributed by atoms with E-state index in [1.807, 2.05) is 0 Å². The van der Waals surface area contributed by atoms with Crippen molar-refractivity contribution in [2.45, 2.75) is 38.5 Å². The van der Waals surface area contributed by atoms with Crippen LogP contribution in [-0.2, 0) is 0 Å². The molecule has 0 atom stereocenters. The Morgan fingerprint density at radius 1 is 1.00 bits per heavy atom. The normalized spacial score (nSPS) is 21.4. The van der Waals surface area contributed by atoms with Crippen molar-refractivity contribution in [1.29, 1.82) is 0 Å². The van der Waals surface area contributed by atoms with Gasteiger partial charge in [0.05, 0.1) is 4.92 Å². The molecule has 3 heterocycles. The minimum atomic E-state index is -0.435. The average molecular weight is 386 g/mol. The number of nitro groups is 1. The lowest BCUT2D eigenvalue weighted by Crippen LogP contribution is -2.38. The van der Waals surface area contributed by atoms with Gasteiger partial charge in [-0.15, -0.1) is 0 Å². The number of amides is 1. The summed E-state index contributed by atoms with van der Waals surface area (Å²) in [6, 6.07) is 5.06. The minimum absolute atomic E-state index is 0.0791. The molecule has 0 radical (unpaired) electrons. The molecule has 3 saturated heterocycles. The van der Waals surface area contributed by atoms with Gasteiger partial charge in [0.2, 0.25) is 0 Å². The summed E-state index contributed by atoms with van der Waals surface area (Å²) in [5.74, 6) is 0.535. The quantitative estimate of drug-likeness (QED) is 0.574. The smallest absolute Gasteiger partial charge is 0.282 e. The zero-order valence-electron chi connectivity index (χ0n) is 16.5. The van der Waals surface area contributed by atoms with Crippen molar-refractivity contribution in [2.24, 2.45) is 5.92 Å². The van der Waals surface area contributed by atoms with Crippen LogP contribution in [0.15, 0.2) is 18.2 Å². The molecule has 3 aliphatic rings. The fourth-order valence-corrected chi connectivity index (χ4v) is 4.85. The largest absolute Gasteiger partial charge is 0.371 e. The molecule has 0 N–H and O–H groups in total. The Hall–Kier alpha value is -2.15. The van der Waals surface area contributed by atoms with E-state index in [2.05, 4.69) is 9.80 Å². The van der Waals surface area contributed by atoms with Crippen molar-refractivity contribution in [3.8, 4) is 0 Å². The number of benzene rings is 1. The molecule has 1 aromatic carbocycles. The highest BCUT2D eigenvalue weighted by Crippen LogP contribution is 2.30. The first-order valence-electron chi connectivity index (χ1n) is 10.7. The van der Waals surface area contributed by atoms with E-state index in [9.17, 15) is 14.9 Å². The molecule has 4 rings (SSSR count). The lowest BCUT2D eigenvalue weighted by atomic mass is 9.95. The Labute approximate surface area is 166 Å². The summed E-state index contributed by atoms with van der Waals surface area (Å²) in [4.78, 5) is 30.5. The highest BCUT2D eigenvalue weighted by atomic mass is 16.6. The molecule has 1 amide bonds. The van der Waals surface area contributed by atoms with Crippen molar-refractivity contribution in [1.82, 2.24) is 9.80 Å². The van der Waals surface area contributed by atoms with Gasteiger partial charge in [-0.3, -0.25) is 14.9 Å². The molecular weight excluding hydrogens is 356 g/mol. The van der Waals surface area contributed by atoms with Crippen molar-refractivity contribution in [3.63, 3.8) is 0 Å². The minimum Gasteiger partial charge on any atom is -0.371 e. The lowest BCUT2D eigenvalue weighted by molar-refractivity contribution is -0.385. The maximum Gasteiger partial charge on any atom is 0.282 e.